The molecule has 0 unspecified atom stereocenters. The van der Waals surface area contributed by atoms with Gasteiger partial charge in [-0.25, -0.2) is 4.79 Å². The molecule has 0 radical (unpaired) electrons. The van der Waals surface area contributed by atoms with E-state index in [2.05, 4.69) is 4.74 Å². The van der Waals surface area contributed by atoms with E-state index in [4.69, 9.17) is 5.11 Å². The Hall–Kier alpha value is -1.17. The van der Waals surface area contributed by atoms with Crippen LogP contribution in [-0.4, -0.2) is 18.2 Å². The van der Waals surface area contributed by atoms with E-state index in [9.17, 15) is 4.79 Å². The number of carbonyl (C=O) groups excluding carboxylic acids is 1. The van der Waals surface area contributed by atoms with Gasteiger partial charge in [-0.1, -0.05) is 0 Å². The summed E-state index contributed by atoms with van der Waals surface area (Å²) in [5, 5.41) is 7.71. The lowest BCUT2D eigenvalue weighted by molar-refractivity contribution is -0.133. The normalized spacial score (nSPS) is 5.86. The lowest BCUT2D eigenvalue weighted by Gasteiger charge is -1.80. The van der Waals surface area contributed by atoms with Crippen LogP contribution in [0.4, 0.5) is 0 Å². The molecule has 0 aromatic rings. The van der Waals surface area contributed by atoms with E-state index in [1.54, 1.807) is 5.92 Å². The van der Waals surface area contributed by atoms with Crippen molar-refractivity contribution >= 4 is 5.97 Å². The van der Waals surface area contributed by atoms with E-state index in [1.807, 2.05) is 0 Å². The predicted molar refractivity (Wildman–Crippen MR) is 21.7 cm³/mol. The van der Waals surface area contributed by atoms with Crippen LogP contribution in [0.2, 0.25) is 0 Å². The van der Waals surface area contributed by atoms with E-state index >= 15 is 0 Å². The van der Waals surface area contributed by atoms with E-state index in [1.165, 1.54) is 13.2 Å². The number of carbonyl (C=O) groups is 1. The third-order valence-electron chi connectivity index (χ3n) is 0.343. The minimum absolute atomic E-state index is 0.734. The Morgan fingerprint density at radius 3 is 2.57 bits per heavy atom. The summed E-state index contributed by atoms with van der Waals surface area (Å²) in [6, 6.07) is 0. The molecule has 0 rings (SSSR count). The van der Waals surface area contributed by atoms with Crippen LogP contribution in [-0.2, 0) is 9.53 Å². The van der Waals surface area contributed by atoms with Crippen LogP contribution in [0, 0.1) is 12.0 Å². The topological polar surface area (TPSA) is 46.5 Å². The van der Waals surface area contributed by atoms with Crippen molar-refractivity contribution in [2.24, 2.45) is 0 Å². The molecule has 0 aromatic heterocycles. The predicted octanol–water partition coefficient (Wildman–Crippen LogP) is -0.507. The zero-order valence-corrected chi connectivity index (χ0v) is 3.76. The van der Waals surface area contributed by atoms with Crippen molar-refractivity contribution in [2.45, 2.75) is 0 Å². The van der Waals surface area contributed by atoms with Crippen molar-refractivity contribution in [3.05, 3.63) is 0 Å². The Balaban J connectivity index is 3.52. The third kappa shape index (κ3) is 2.64. The summed E-state index contributed by atoms with van der Waals surface area (Å²) in [5.74, 6) is 1.01. The number of aliphatic hydroxyl groups is 1. The number of rotatable bonds is 0. The number of aliphatic hydroxyl groups excluding tert-OH is 1. The van der Waals surface area contributed by atoms with Gasteiger partial charge in [-0.15, -0.1) is 0 Å². The highest BCUT2D eigenvalue weighted by Gasteiger charge is 1.85. The minimum Gasteiger partial charge on any atom is -0.462 e. The summed E-state index contributed by atoms with van der Waals surface area (Å²) in [6.07, 6.45) is 1.39. The molecule has 3 nitrogen and oxygen atoms in total. The average Bonchev–Trinajstić information content (AvgIpc) is 1.68. The second-order valence-electron chi connectivity index (χ2n) is 0.728. The summed E-state index contributed by atoms with van der Waals surface area (Å²) in [7, 11) is 1.19. The van der Waals surface area contributed by atoms with Crippen LogP contribution in [0.5, 0.6) is 0 Å². The smallest absolute Gasteiger partial charge is 0.387 e. The highest BCUT2D eigenvalue weighted by Crippen LogP contribution is 1.63. The lowest BCUT2D eigenvalue weighted by atomic mass is 10.7. The molecule has 0 aromatic carbocycles. The number of esters is 1. The van der Waals surface area contributed by atoms with Crippen LogP contribution in [0.25, 0.3) is 0 Å². The van der Waals surface area contributed by atoms with Crippen molar-refractivity contribution in [1.82, 2.24) is 0 Å². The maximum absolute atomic E-state index is 9.86. The molecule has 0 saturated heterocycles. The van der Waals surface area contributed by atoms with E-state index in [0.29, 0.717) is 0 Å². The molecular weight excluding hydrogens is 96.0 g/mol. The molecule has 1 N–H and O–H groups in total. The molecule has 0 aliphatic rings. The summed E-state index contributed by atoms with van der Waals surface area (Å²) < 4.78 is 4.02. The Morgan fingerprint density at radius 1 is 1.86 bits per heavy atom. The zero-order valence-electron chi connectivity index (χ0n) is 3.76. The monoisotopic (exact) mass is 100 g/mol. The van der Waals surface area contributed by atoms with E-state index < -0.39 is 5.97 Å². The van der Waals surface area contributed by atoms with Crippen LogP contribution >= 0.6 is 0 Å². The number of methoxy groups -OCH3 is 1. The van der Waals surface area contributed by atoms with Gasteiger partial charge in [0, 0.05) is 0 Å². The second kappa shape index (κ2) is 3.04. The quantitative estimate of drug-likeness (QED) is 0.329. The second-order valence-corrected chi connectivity index (χ2v) is 0.728. The van der Waals surface area contributed by atoms with E-state index in [0.717, 1.165) is 0 Å². The fourth-order valence-electron chi connectivity index (χ4n) is 0.0967. The average molecular weight is 100 g/mol. The third-order valence-corrected chi connectivity index (χ3v) is 0.343. The van der Waals surface area contributed by atoms with Gasteiger partial charge >= 0.3 is 5.97 Å². The van der Waals surface area contributed by atoms with Crippen molar-refractivity contribution in [2.75, 3.05) is 7.11 Å². The van der Waals surface area contributed by atoms with Gasteiger partial charge in [-0.3, -0.25) is 0 Å². The molecule has 0 atom stereocenters. The van der Waals surface area contributed by atoms with Crippen molar-refractivity contribution < 1.29 is 14.6 Å². The summed E-state index contributed by atoms with van der Waals surface area (Å²) in [5.41, 5.74) is 0. The van der Waals surface area contributed by atoms with Gasteiger partial charge in [-0.05, 0) is 0 Å². The number of hydrogen-bond donors (Lipinski definition) is 1. The molecule has 0 amide bonds. The highest BCUT2D eigenvalue weighted by molar-refractivity contribution is 5.87. The Kier molecular flexibility index (Phi) is 2.53. The molecule has 0 heterocycles. The fourth-order valence-corrected chi connectivity index (χ4v) is 0.0967. The van der Waals surface area contributed by atoms with Gasteiger partial charge in [0.05, 0.1) is 13.0 Å². The maximum Gasteiger partial charge on any atom is 0.387 e. The Morgan fingerprint density at radius 2 is 2.43 bits per heavy atom. The highest BCUT2D eigenvalue weighted by atomic mass is 16.5. The van der Waals surface area contributed by atoms with Gasteiger partial charge in [0.1, 0.15) is 6.11 Å². The molecular formula is C4H4O3. The zero-order chi connectivity index (χ0) is 5.70. The molecule has 0 bridgehead atoms. The van der Waals surface area contributed by atoms with Gasteiger partial charge in [0.25, 0.3) is 0 Å². The first-order chi connectivity index (χ1) is 3.31. The van der Waals surface area contributed by atoms with Crippen molar-refractivity contribution in [3.8, 4) is 12.0 Å². The van der Waals surface area contributed by atoms with Crippen LogP contribution < -0.4 is 0 Å². The maximum atomic E-state index is 9.86. The van der Waals surface area contributed by atoms with Crippen molar-refractivity contribution in [3.63, 3.8) is 0 Å². The largest absolute Gasteiger partial charge is 0.462 e. The molecule has 0 fully saturated rings. The van der Waals surface area contributed by atoms with Crippen LogP contribution in [0.3, 0.4) is 0 Å². The first kappa shape index (κ1) is 5.83. The standard InChI is InChI=1S/C4H4O3/c1-7-4(6)2-3-5/h5H,1H3. The summed E-state index contributed by atoms with van der Waals surface area (Å²) in [4.78, 5) is 9.86. The van der Waals surface area contributed by atoms with Gasteiger partial charge in [0.2, 0.25) is 0 Å². The molecule has 3 heteroatoms. The van der Waals surface area contributed by atoms with Crippen LogP contribution in [0.1, 0.15) is 0 Å². The van der Waals surface area contributed by atoms with Gasteiger partial charge < -0.3 is 9.84 Å². The first-order valence-electron chi connectivity index (χ1n) is 1.54. The van der Waals surface area contributed by atoms with Crippen LogP contribution in [0.15, 0.2) is 0 Å². The first-order valence-corrected chi connectivity index (χ1v) is 1.54. The molecule has 38 valence electrons. The molecule has 0 aliphatic heterocycles. The Labute approximate surface area is 40.9 Å². The molecule has 0 spiro atoms. The SMILES string of the molecule is COC(=O)C#CO. The summed E-state index contributed by atoms with van der Waals surface area (Å²) >= 11 is 0. The lowest BCUT2D eigenvalue weighted by Crippen LogP contribution is -1.93. The fraction of sp³-hybridized carbons (Fsp3) is 0.250. The molecule has 0 saturated carbocycles. The number of hydrogen-bond acceptors (Lipinski definition) is 3. The van der Waals surface area contributed by atoms with Gasteiger partial charge in [0.15, 0.2) is 0 Å². The molecule has 0 aliphatic carbocycles. The van der Waals surface area contributed by atoms with Gasteiger partial charge in [-0.2, -0.15) is 0 Å². The molecule has 7 heavy (non-hydrogen) atoms. The summed E-state index contributed by atoms with van der Waals surface area (Å²) in [6.45, 7) is 0. The Bertz CT molecular complexity index is 117. The number of ether oxygens (including phenoxy) is 1. The minimum atomic E-state index is -0.734. The van der Waals surface area contributed by atoms with E-state index in [-0.39, 0.29) is 0 Å². The van der Waals surface area contributed by atoms with Crippen molar-refractivity contribution in [1.29, 1.82) is 0 Å².